The average molecular weight is 258 g/mol. The fraction of sp³-hybridized carbons (Fsp3) is 0.300. The molecule has 1 heterocycles. The summed E-state index contributed by atoms with van der Waals surface area (Å²) in [5, 5.41) is 2.84. The maximum absolute atomic E-state index is 12.8. The lowest BCUT2D eigenvalue weighted by Crippen LogP contribution is -2.18. The van der Waals surface area contributed by atoms with Crippen molar-refractivity contribution in [2.24, 2.45) is 0 Å². The highest BCUT2D eigenvalue weighted by molar-refractivity contribution is 9.10. The first-order valence-corrected chi connectivity index (χ1v) is 5.20. The highest BCUT2D eigenvalue weighted by Gasteiger charge is 2.23. The third-order valence-electron chi connectivity index (χ3n) is 2.33. The Kier molecular flexibility index (Phi) is 2.54. The topological polar surface area (TPSA) is 29.1 Å². The summed E-state index contributed by atoms with van der Waals surface area (Å²) in [7, 11) is 0. The summed E-state index contributed by atoms with van der Waals surface area (Å²) >= 11 is 3.29. The van der Waals surface area contributed by atoms with Crippen molar-refractivity contribution in [2.45, 2.75) is 18.9 Å². The van der Waals surface area contributed by atoms with Crippen LogP contribution in [-0.4, -0.2) is 5.91 Å². The van der Waals surface area contributed by atoms with Crippen LogP contribution in [0.25, 0.3) is 0 Å². The SMILES string of the molecule is O=C1CCC(c2ccc(F)cc2Br)N1. The van der Waals surface area contributed by atoms with Crippen LogP contribution in [0.4, 0.5) is 4.39 Å². The number of benzene rings is 1. The van der Waals surface area contributed by atoms with Gasteiger partial charge in [0.25, 0.3) is 0 Å². The highest BCUT2D eigenvalue weighted by atomic mass is 79.9. The number of hydrogen-bond acceptors (Lipinski definition) is 1. The van der Waals surface area contributed by atoms with Gasteiger partial charge in [0, 0.05) is 10.9 Å². The van der Waals surface area contributed by atoms with Crippen molar-refractivity contribution in [1.82, 2.24) is 5.32 Å². The van der Waals surface area contributed by atoms with E-state index in [1.807, 2.05) is 0 Å². The first kappa shape index (κ1) is 9.65. The molecule has 1 saturated heterocycles. The van der Waals surface area contributed by atoms with Crippen molar-refractivity contribution >= 4 is 21.8 Å². The van der Waals surface area contributed by atoms with Crippen LogP contribution in [-0.2, 0) is 4.79 Å². The van der Waals surface area contributed by atoms with E-state index in [0.717, 1.165) is 12.0 Å². The summed E-state index contributed by atoms with van der Waals surface area (Å²) in [6.07, 6.45) is 1.33. The minimum atomic E-state index is -0.273. The van der Waals surface area contributed by atoms with Crippen LogP contribution in [0.2, 0.25) is 0 Å². The Balaban J connectivity index is 2.28. The number of amides is 1. The second kappa shape index (κ2) is 3.69. The van der Waals surface area contributed by atoms with E-state index in [-0.39, 0.29) is 17.8 Å². The molecule has 0 radical (unpaired) electrons. The molecular weight excluding hydrogens is 249 g/mol. The quantitative estimate of drug-likeness (QED) is 0.824. The van der Waals surface area contributed by atoms with Crippen LogP contribution >= 0.6 is 15.9 Å². The Morgan fingerprint density at radius 1 is 1.50 bits per heavy atom. The number of rotatable bonds is 1. The van der Waals surface area contributed by atoms with Gasteiger partial charge >= 0.3 is 0 Å². The number of hydrogen-bond donors (Lipinski definition) is 1. The molecular formula is C10H9BrFNO. The third-order valence-corrected chi connectivity index (χ3v) is 3.02. The minimum absolute atomic E-state index is 0.0254. The summed E-state index contributed by atoms with van der Waals surface area (Å²) in [4.78, 5) is 11.0. The van der Waals surface area contributed by atoms with Gasteiger partial charge in [0.15, 0.2) is 0 Å². The van der Waals surface area contributed by atoms with E-state index in [1.165, 1.54) is 12.1 Å². The Bertz CT molecular complexity index is 380. The highest BCUT2D eigenvalue weighted by Crippen LogP contribution is 2.30. The molecule has 1 fully saturated rings. The largest absolute Gasteiger partial charge is 0.349 e. The van der Waals surface area contributed by atoms with Gasteiger partial charge in [-0.3, -0.25) is 4.79 Å². The van der Waals surface area contributed by atoms with Crippen molar-refractivity contribution in [3.8, 4) is 0 Å². The van der Waals surface area contributed by atoms with Crippen LogP contribution in [0, 0.1) is 5.82 Å². The molecule has 1 aromatic rings. The van der Waals surface area contributed by atoms with Crippen LogP contribution < -0.4 is 5.32 Å². The minimum Gasteiger partial charge on any atom is -0.349 e. The molecule has 0 spiro atoms. The molecule has 2 nitrogen and oxygen atoms in total. The summed E-state index contributed by atoms with van der Waals surface area (Å²) in [6.45, 7) is 0. The van der Waals surface area contributed by atoms with Crippen molar-refractivity contribution < 1.29 is 9.18 Å². The van der Waals surface area contributed by atoms with Crippen molar-refractivity contribution in [2.75, 3.05) is 0 Å². The molecule has 1 aliphatic rings. The summed E-state index contributed by atoms with van der Waals surface area (Å²) in [6, 6.07) is 4.55. The fourth-order valence-electron chi connectivity index (χ4n) is 1.63. The van der Waals surface area contributed by atoms with Crippen molar-refractivity contribution in [1.29, 1.82) is 0 Å². The molecule has 0 aliphatic carbocycles. The van der Waals surface area contributed by atoms with Gasteiger partial charge in [-0.2, -0.15) is 0 Å². The number of carbonyl (C=O) groups is 1. The predicted molar refractivity (Wildman–Crippen MR) is 54.2 cm³/mol. The molecule has 1 N–H and O–H groups in total. The monoisotopic (exact) mass is 257 g/mol. The molecule has 74 valence electrons. The lowest BCUT2D eigenvalue weighted by Gasteiger charge is -2.12. The molecule has 4 heteroatoms. The summed E-state index contributed by atoms with van der Waals surface area (Å²) < 4.78 is 13.5. The van der Waals surface area contributed by atoms with Gasteiger partial charge < -0.3 is 5.32 Å². The van der Waals surface area contributed by atoms with E-state index < -0.39 is 0 Å². The van der Waals surface area contributed by atoms with Crippen LogP contribution in [0.3, 0.4) is 0 Å². The Morgan fingerprint density at radius 2 is 2.29 bits per heavy atom. The maximum Gasteiger partial charge on any atom is 0.220 e. The maximum atomic E-state index is 12.8. The Morgan fingerprint density at radius 3 is 2.86 bits per heavy atom. The average Bonchev–Trinajstić information content (AvgIpc) is 2.51. The Labute approximate surface area is 89.6 Å². The molecule has 2 rings (SSSR count). The molecule has 1 amide bonds. The van der Waals surface area contributed by atoms with Gasteiger partial charge in [0.1, 0.15) is 5.82 Å². The van der Waals surface area contributed by atoms with Crippen LogP contribution in [0.15, 0.2) is 22.7 Å². The summed E-state index contributed by atoms with van der Waals surface area (Å²) in [5.41, 5.74) is 0.942. The molecule has 0 bridgehead atoms. The zero-order chi connectivity index (χ0) is 10.1. The molecule has 1 aliphatic heterocycles. The summed E-state index contributed by atoms with van der Waals surface area (Å²) in [5.74, 6) is -0.212. The van der Waals surface area contributed by atoms with E-state index in [0.29, 0.717) is 10.9 Å². The van der Waals surface area contributed by atoms with Gasteiger partial charge in [0.2, 0.25) is 5.91 Å². The third kappa shape index (κ3) is 1.80. The van der Waals surface area contributed by atoms with Crippen molar-refractivity contribution in [3.63, 3.8) is 0 Å². The van der Waals surface area contributed by atoms with Crippen molar-refractivity contribution in [3.05, 3.63) is 34.1 Å². The predicted octanol–water partition coefficient (Wildman–Crippen LogP) is 2.54. The lowest BCUT2D eigenvalue weighted by molar-refractivity contribution is -0.119. The molecule has 0 saturated carbocycles. The lowest BCUT2D eigenvalue weighted by atomic mass is 10.1. The van der Waals surface area contributed by atoms with E-state index in [4.69, 9.17) is 0 Å². The molecule has 14 heavy (non-hydrogen) atoms. The standard InChI is InChI=1S/C10H9BrFNO/c11-8-5-6(12)1-2-7(8)9-3-4-10(14)13-9/h1-2,5,9H,3-4H2,(H,13,14). The van der Waals surface area contributed by atoms with Gasteiger partial charge in [-0.25, -0.2) is 4.39 Å². The second-order valence-corrected chi connectivity index (χ2v) is 4.18. The van der Waals surface area contributed by atoms with Gasteiger partial charge in [-0.05, 0) is 24.1 Å². The number of nitrogens with one attached hydrogen (secondary N) is 1. The fourth-order valence-corrected chi connectivity index (χ4v) is 2.26. The van der Waals surface area contributed by atoms with E-state index in [2.05, 4.69) is 21.2 Å². The Hall–Kier alpha value is -0.900. The van der Waals surface area contributed by atoms with E-state index in [1.54, 1.807) is 6.07 Å². The van der Waals surface area contributed by atoms with Gasteiger partial charge in [0.05, 0.1) is 6.04 Å². The zero-order valence-corrected chi connectivity index (χ0v) is 8.97. The van der Waals surface area contributed by atoms with Crippen LogP contribution in [0.5, 0.6) is 0 Å². The van der Waals surface area contributed by atoms with Gasteiger partial charge in [-0.15, -0.1) is 0 Å². The zero-order valence-electron chi connectivity index (χ0n) is 7.39. The number of halogens is 2. The molecule has 1 unspecified atom stereocenters. The first-order chi connectivity index (χ1) is 6.66. The van der Waals surface area contributed by atoms with E-state index >= 15 is 0 Å². The molecule has 1 aromatic carbocycles. The van der Waals surface area contributed by atoms with Gasteiger partial charge in [-0.1, -0.05) is 22.0 Å². The second-order valence-electron chi connectivity index (χ2n) is 3.32. The first-order valence-electron chi connectivity index (χ1n) is 4.41. The van der Waals surface area contributed by atoms with E-state index in [9.17, 15) is 9.18 Å². The smallest absolute Gasteiger partial charge is 0.220 e. The molecule has 1 atom stereocenters. The number of carbonyl (C=O) groups excluding carboxylic acids is 1. The molecule has 0 aromatic heterocycles. The van der Waals surface area contributed by atoms with Crippen LogP contribution in [0.1, 0.15) is 24.4 Å². The normalized spacial score (nSPS) is 21.0.